The van der Waals surface area contributed by atoms with Crippen molar-refractivity contribution in [3.05, 3.63) is 0 Å². The normalized spacial score (nSPS) is 26.1. The summed E-state index contributed by atoms with van der Waals surface area (Å²) >= 11 is 0. The lowest BCUT2D eigenvalue weighted by Gasteiger charge is -2.41. The molecule has 2 saturated carbocycles. The van der Waals surface area contributed by atoms with E-state index < -0.39 is 0 Å². The van der Waals surface area contributed by atoms with Crippen LogP contribution in [-0.4, -0.2) is 49.7 Å². The third kappa shape index (κ3) is 3.71. The first-order chi connectivity index (χ1) is 9.17. The fourth-order valence-corrected chi connectivity index (χ4v) is 3.69. The van der Waals surface area contributed by atoms with Gasteiger partial charge in [-0.05, 0) is 63.8 Å². The predicted octanol–water partition coefficient (Wildman–Crippen LogP) is 1.70. The van der Waals surface area contributed by atoms with Gasteiger partial charge in [-0.15, -0.1) is 0 Å². The molecule has 2 N–H and O–H groups in total. The zero-order valence-electron chi connectivity index (χ0n) is 12.8. The van der Waals surface area contributed by atoms with Crippen molar-refractivity contribution in [3.8, 4) is 0 Å². The van der Waals surface area contributed by atoms with Gasteiger partial charge >= 0.3 is 0 Å². The lowest BCUT2D eigenvalue weighted by molar-refractivity contribution is 0.101. The van der Waals surface area contributed by atoms with Crippen LogP contribution in [-0.2, 0) is 0 Å². The number of hydrogen-bond donors (Lipinski definition) is 2. The van der Waals surface area contributed by atoms with Crippen LogP contribution in [0.1, 0.15) is 39.5 Å². The van der Waals surface area contributed by atoms with Crippen LogP contribution in [0.4, 0.5) is 0 Å². The van der Waals surface area contributed by atoms with E-state index in [1.807, 2.05) is 0 Å². The number of nitrogens with one attached hydrogen (secondary N) is 2. The van der Waals surface area contributed by atoms with Crippen molar-refractivity contribution in [2.24, 2.45) is 17.8 Å². The molecule has 0 bridgehead atoms. The topological polar surface area (TPSA) is 27.3 Å². The molecule has 3 nitrogen and oxygen atoms in total. The van der Waals surface area contributed by atoms with Crippen LogP contribution in [0.15, 0.2) is 0 Å². The van der Waals surface area contributed by atoms with Crippen molar-refractivity contribution in [2.45, 2.75) is 45.1 Å². The van der Waals surface area contributed by atoms with Crippen molar-refractivity contribution in [2.75, 3.05) is 39.3 Å². The van der Waals surface area contributed by atoms with Gasteiger partial charge in [0.25, 0.3) is 0 Å². The summed E-state index contributed by atoms with van der Waals surface area (Å²) in [6, 6.07) is 0. The summed E-state index contributed by atoms with van der Waals surface area (Å²) in [7, 11) is 0. The average Bonchev–Trinajstić information content (AvgIpc) is 3.29. The van der Waals surface area contributed by atoms with Crippen molar-refractivity contribution < 1.29 is 0 Å². The summed E-state index contributed by atoms with van der Waals surface area (Å²) in [5.41, 5.74) is 0.305. The smallest absolute Gasteiger partial charge is 0.0278 e. The van der Waals surface area contributed by atoms with Gasteiger partial charge < -0.3 is 10.6 Å². The average molecular weight is 265 g/mol. The van der Waals surface area contributed by atoms with Crippen LogP contribution in [0.2, 0.25) is 0 Å². The highest BCUT2D eigenvalue weighted by Crippen LogP contribution is 2.48. The van der Waals surface area contributed by atoms with Crippen LogP contribution in [0.3, 0.4) is 0 Å². The van der Waals surface area contributed by atoms with Gasteiger partial charge in [-0.1, -0.05) is 0 Å². The Morgan fingerprint density at radius 2 is 1.68 bits per heavy atom. The second-order valence-electron chi connectivity index (χ2n) is 7.52. The summed E-state index contributed by atoms with van der Waals surface area (Å²) in [5.74, 6) is 3.14. The van der Waals surface area contributed by atoms with E-state index in [2.05, 4.69) is 29.4 Å². The van der Waals surface area contributed by atoms with Crippen molar-refractivity contribution in [3.63, 3.8) is 0 Å². The van der Waals surface area contributed by atoms with E-state index in [1.54, 1.807) is 0 Å². The number of nitrogens with zero attached hydrogens (tertiary/aromatic N) is 1. The SMILES string of the molecule is CC(C)(CNCC(C1CC1)C1CC1)N1CCNCC1. The van der Waals surface area contributed by atoms with E-state index in [1.165, 1.54) is 45.3 Å². The quantitative estimate of drug-likeness (QED) is 0.733. The van der Waals surface area contributed by atoms with Crippen LogP contribution < -0.4 is 10.6 Å². The molecule has 110 valence electrons. The monoisotopic (exact) mass is 265 g/mol. The largest absolute Gasteiger partial charge is 0.315 e. The molecule has 2 aliphatic carbocycles. The van der Waals surface area contributed by atoms with Gasteiger partial charge in [0.2, 0.25) is 0 Å². The summed E-state index contributed by atoms with van der Waals surface area (Å²) in [4.78, 5) is 2.64. The molecule has 0 amide bonds. The Hall–Kier alpha value is -0.120. The van der Waals surface area contributed by atoms with E-state index in [4.69, 9.17) is 0 Å². The molecule has 3 fully saturated rings. The second kappa shape index (κ2) is 5.71. The van der Waals surface area contributed by atoms with E-state index in [9.17, 15) is 0 Å². The molecule has 3 rings (SSSR count). The molecule has 3 aliphatic rings. The fraction of sp³-hybridized carbons (Fsp3) is 1.00. The maximum Gasteiger partial charge on any atom is 0.0278 e. The van der Waals surface area contributed by atoms with E-state index in [0.717, 1.165) is 37.4 Å². The molecule has 0 aromatic carbocycles. The fourth-order valence-electron chi connectivity index (χ4n) is 3.69. The first-order valence-corrected chi connectivity index (χ1v) is 8.33. The molecule has 1 heterocycles. The minimum absolute atomic E-state index is 0.305. The highest BCUT2D eigenvalue weighted by atomic mass is 15.2. The maximum atomic E-state index is 3.80. The van der Waals surface area contributed by atoms with Crippen LogP contribution >= 0.6 is 0 Å². The Kier molecular flexibility index (Phi) is 4.16. The highest BCUT2D eigenvalue weighted by molar-refractivity contribution is 4.93. The van der Waals surface area contributed by atoms with Gasteiger partial charge in [0.15, 0.2) is 0 Å². The minimum atomic E-state index is 0.305. The molecular weight excluding hydrogens is 234 g/mol. The molecule has 1 aliphatic heterocycles. The molecular formula is C16H31N3. The number of piperazine rings is 1. The minimum Gasteiger partial charge on any atom is -0.315 e. The Bertz CT molecular complexity index is 276. The Balaban J connectivity index is 1.42. The molecule has 3 heteroatoms. The molecule has 0 aromatic rings. The molecule has 0 spiro atoms. The van der Waals surface area contributed by atoms with Crippen LogP contribution in [0.25, 0.3) is 0 Å². The Morgan fingerprint density at radius 1 is 1.11 bits per heavy atom. The first-order valence-electron chi connectivity index (χ1n) is 8.33. The van der Waals surface area contributed by atoms with Gasteiger partial charge in [-0.25, -0.2) is 0 Å². The maximum absolute atomic E-state index is 3.80. The van der Waals surface area contributed by atoms with Crippen molar-refractivity contribution in [1.29, 1.82) is 0 Å². The van der Waals surface area contributed by atoms with Gasteiger partial charge in [0.1, 0.15) is 0 Å². The Labute approximate surface area is 118 Å². The third-order valence-electron chi connectivity index (χ3n) is 5.37. The van der Waals surface area contributed by atoms with E-state index >= 15 is 0 Å². The van der Waals surface area contributed by atoms with Gasteiger partial charge in [-0.3, -0.25) is 4.90 Å². The van der Waals surface area contributed by atoms with Gasteiger partial charge in [0.05, 0.1) is 0 Å². The third-order valence-corrected chi connectivity index (χ3v) is 5.37. The van der Waals surface area contributed by atoms with Gasteiger partial charge in [-0.2, -0.15) is 0 Å². The summed E-state index contributed by atoms with van der Waals surface area (Å²) in [5, 5.41) is 7.25. The van der Waals surface area contributed by atoms with E-state index in [0.29, 0.717) is 5.54 Å². The van der Waals surface area contributed by atoms with Crippen molar-refractivity contribution >= 4 is 0 Å². The highest BCUT2D eigenvalue weighted by Gasteiger charge is 2.41. The zero-order valence-corrected chi connectivity index (χ0v) is 12.8. The number of hydrogen-bond acceptors (Lipinski definition) is 3. The number of rotatable bonds is 7. The molecule has 0 radical (unpaired) electrons. The standard InChI is InChI=1S/C16H31N3/c1-16(2,19-9-7-17-8-10-19)12-18-11-15(13-3-4-13)14-5-6-14/h13-15,17-18H,3-12H2,1-2H3. The molecule has 0 unspecified atom stereocenters. The summed E-state index contributed by atoms with van der Waals surface area (Å²) in [6.45, 7) is 11.9. The molecule has 1 saturated heterocycles. The second-order valence-corrected chi connectivity index (χ2v) is 7.52. The molecule has 0 atom stereocenters. The Morgan fingerprint density at radius 3 is 2.21 bits per heavy atom. The zero-order chi connectivity index (χ0) is 13.3. The molecule has 19 heavy (non-hydrogen) atoms. The molecule has 0 aromatic heterocycles. The lowest BCUT2D eigenvalue weighted by atomic mass is 9.96. The van der Waals surface area contributed by atoms with Crippen molar-refractivity contribution in [1.82, 2.24) is 15.5 Å². The van der Waals surface area contributed by atoms with Crippen LogP contribution in [0, 0.1) is 17.8 Å². The summed E-state index contributed by atoms with van der Waals surface area (Å²) < 4.78 is 0. The predicted molar refractivity (Wildman–Crippen MR) is 80.3 cm³/mol. The summed E-state index contributed by atoms with van der Waals surface area (Å²) in [6.07, 6.45) is 6.02. The lowest BCUT2D eigenvalue weighted by Crippen LogP contribution is -2.57. The van der Waals surface area contributed by atoms with E-state index in [-0.39, 0.29) is 0 Å². The van der Waals surface area contributed by atoms with Gasteiger partial charge in [0, 0.05) is 38.3 Å². The van der Waals surface area contributed by atoms with Crippen LogP contribution in [0.5, 0.6) is 0 Å². The first kappa shape index (κ1) is 13.8.